The van der Waals surface area contributed by atoms with Crippen molar-refractivity contribution in [2.24, 2.45) is 11.3 Å². The lowest BCUT2D eigenvalue weighted by atomic mass is 9.78. The maximum absolute atomic E-state index is 12.8. The molecule has 1 aliphatic heterocycles. The molecule has 1 saturated heterocycles. The fourth-order valence-electron chi connectivity index (χ4n) is 3.20. The number of likely N-dealkylation sites (tertiary alicyclic amines) is 1. The highest BCUT2D eigenvalue weighted by molar-refractivity contribution is 6.48. The molecule has 1 amide bonds. The van der Waals surface area contributed by atoms with Gasteiger partial charge in [-0.05, 0) is 51.6 Å². The minimum absolute atomic E-state index is 0.0292. The summed E-state index contributed by atoms with van der Waals surface area (Å²) >= 11 is 0. The van der Waals surface area contributed by atoms with Crippen LogP contribution in [0.3, 0.4) is 0 Å². The van der Waals surface area contributed by atoms with E-state index in [2.05, 4.69) is 20.8 Å². The van der Waals surface area contributed by atoms with Gasteiger partial charge in [0.05, 0.1) is 6.42 Å². The molecule has 25 heavy (non-hydrogen) atoms. The van der Waals surface area contributed by atoms with Gasteiger partial charge >= 0.3 is 6.09 Å². The Labute approximate surface area is 152 Å². The second kappa shape index (κ2) is 7.61. The highest BCUT2D eigenvalue weighted by Crippen LogP contribution is 2.45. The molecule has 0 unspecified atom stereocenters. The Morgan fingerprint density at radius 1 is 1.28 bits per heavy atom. The van der Waals surface area contributed by atoms with Crippen LogP contribution in [0, 0.1) is 21.4 Å². The SMILES string of the molecule is C[SiH](C)O[C@]1(CC[N+](=O)[O-])C[C@H](C(C)(C)C)CN1C(=O)OC(C)(C)C. The third kappa shape index (κ3) is 6.25. The zero-order valence-corrected chi connectivity index (χ0v) is 18.1. The fraction of sp³-hybridized carbons (Fsp3) is 0.941. The van der Waals surface area contributed by atoms with Gasteiger partial charge < -0.3 is 9.16 Å². The van der Waals surface area contributed by atoms with Crippen LogP contribution in [0.15, 0.2) is 0 Å². The summed E-state index contributed by atoms with van der Waals surface area (Å²) in [5, 5.41) is 11.0. The number of ether oxygens (including phenoxy) is 1. The lowest BCUT2D eigenvalue weighted by Gasteiger charge is -2.39. The minimum Gasteiger partial charge on any atom is -0.444 e. The van der Waals surface area contributed by atoms with E-state index in [-0.39, 0.29) is 29.2 Å². The summed E-state index contributed by atoms with van der Waals surface area (Å²) < 4.78 is 11.9. The highest BCUT2D eigenvalue weighted by Gasteiger charge is 2.53. The molecule has 0 spiro atoms. The van der Waals surface area contributed by atoms with Gasteiger partial charge in [0, 0.05) is 11.5 Å². The van der Waals surface area contributed by atoms with Gasteiger partial charge in [-0.25, -0.2) is 4.79 Å². The van der Waals surface area contributed by atoms with Gasteiger partial charge in [-0.15, -0.1) is 0 Å². The van der Waals surface area contributed by atoms with E-state index in [4.69, 9.17) is 9.16 Å². The predicted octanol–water partition coefficient (Wildman–Crippen LogP) is 3.65. The molecule has 0 N–H and O–H groups in total. The first kappa shape index (κ1) is 21.9. The van der Waals surface area contributed by atoms with Crippen molar-refractivity contribution in [3.63, 3.8) is 0 Å². The predicted molar refractivity (Wildman–Crippen MR) is 99.7 cm³/mol. The normalized spacial score (nSPS) is 24.7. The molecule has 0 bridgehead atoms. The Morgan fingerprint density at radius 2 is 1.84 bits per heavy atom. The molecular formula is C17H34N2O5Si. The Bertz CT molecular complexity index is 498. The topological polar surface area (TPSA) is 81.9 Å². The van der Waals surface area contributed by atoms with Crippen LogP contribution in [0.2, 0.25) is 13.1 Å². The zero-order chi connectivity index (χ0) is 19.6. The van der Waals surface area contributed by atoms with Crippen molar-refractivity contribution >= 4 is 15.1 Å². The third-order valence-corrected chi connectivity index (χ3v) is 5.35. The van der Waals surface area contributed by atoms with Gasteiger partial charge in [-0.3, -0.25) is 15.0 Å². The number of hydrogen-bond donors (Lipinski definition) is 0. The maximum atomic E-state index is 12.8. The quantitative estimate of drug-likeness (QED) is 0.417. The van der Waals surface area contributed by atoms with E-state index in [1.165, 1.54) is 0 Å². The van der Waals surface area contributed by atoms with Gasteiger partial charge in [0.25, 0.3) is 0 Å². The van der Waals surface area contributed by atoms with Crippen LogP contribution in [0.4, 0.5) is 4.79 Å². The van der Waals surface area contributed by atoms with E-state index >= 15 is 0 Å². The fourth-order valence-corrected chi connectivity index (χ4v) is 4.42. The Balaban J connectivity index is 3.22. The third-order valence-electron chi connectivity index (χ3n) is 4.44. The van der Waals surface area contributed by atoms with Crippen molar-refractivity contribution in [2.45, 2.75) is 78.8 Å². The van der Waals surface area contributed by atoms with Gasteiger partial charge in [0.1, 0.15) is 11.3 Å². The molecular weight excluding hydrogens is 340 g/mol. The molecule has 0 aromatic carbocycles. The van der Waals surface area contributed by atoms with Crippen molar-refractivity contribution in [1.82, 2.24) is 4.90 Å². The zero-order valence-electron chi connectivity index (χ0n) is 16.9. The first-order chi connectivity index (χ1) is 11.2. The summed E-state index contributed by atoms with van der Waals surface area (Å²) in [4.78, 5) is 25.1. The molecule has 1 heterocycles. The van der Waals surface area contributed by atoms with Crippen molar-refractivity contribution in [3.8, 4) is 0 Å². The maximum Gasteiger partial charge on any atom is 0.412 e. The monoisotopic (exact) mass is 374 g/mol. The molecule has 0 aromatic heterocycles. The number of carbonyl (C=O) groups is 1. The van der Waals surface area contributed by atoms with E-state index in [9.17, 15) is 14.9 Å². The van der Waals surface area contributed by atoms with E-state index in [0.29, 0.717) is 13.0 Å². The van der Waals surface area contributed by atoms with Crippen LogP contribution in [0.25, 0.3) is 0 Å². The Hall–Kier alpha value is -1.15. The summed E-state index contributed by atoms with van der Waals surface area (Å²) in [6, 6.07) is 0. The summed E-state index contributed by atoms with van der Waals surface area (Å²) in [6.07, 6.45) is 0.350. The lowest BCUT2D eigenvalue weighted by molar-refractivity contribution is -0.484. The molecule has 1 fully saturated rings. The number of rotatable bonds is 5. The number of nitro groups is 1. The molecule has 7 nitrogen and oxygen atoms in total. The van der Waals surface area contributed by atoms with Gasteiger partial charge in [0.15, 0.2) is 9.04 Å². The van der Waals surface area contributed by atoms with E-state index < -0.39 is 26.5 Å². The van der Waals surface area contributed by atoms with Gasteiger partial charge in [-0.1, -0.05) is 20.8 Å². The number of nitrogens with zero attached hydrogens (tertiary/aromatic N) is 2. The van der Waals surface area contributed by atoms with Crippen molar-refractivity contribution < 1.29 is 18.9 Å². The Morgan fingerprint density at radius 3 is 2.24 bits per heavy atom. The summed E-state index contributed by atoms with van der Waals surface area (Å²) in [5.41, 5.74) is -1.59. The molecule has 0 aliphatic carbocycles. The molecule has 0 radical (unpaired) electrons. The molecule has 8 heteroatoms. The standard InChI is InChI=1S/C17H34N2O5Si/c1-15(2,3)13-11-17(24-25(7)8,9-10-19(21)22)18(12-13)14(20)23-16(4,5)6/h13,25H,9-12H2,1-8H3/t13-,17+/m0/s1. The molecule has 0 saturated carbocycles. The van der Waals surface area contributed by atoms with Crippen LogP contribution < -0.4 is 0 Å². The van der Waals surface area contributed by atoms with Crippen LogP contribution in [0.5, 0.6) is 0 Å². The summed E-state index contributed by atoms with van der Waals surface area (Å²) in [5.74, 6) is 0.194. The molecule has 146 valence electrons. The largest absolute Gasteiger partial charge is 0.444 e. The van der Waals surface area contributed by atoms with Crippen LogP contribution in [0.1, 0.15) is 54.4 Å². The average Bonchev–Trinajstić information content (AvgIpc) is 2.73. The number of hydrogen-bond acceptors (Lipinski definition) is 5. The van der Waals surface area contributed by atoms with E-state index in [1.807, 2.05) is 33.9 Å². The molecule has 1 aliphatic rings. The average molecular weight is 375 g/mol. The first-order valence-corrected chi connectivity index (χ1v) is 11.7. The van der Waals surface area contributed by atoms with E-state index in [0.717, 1.165) is 0 Å². The molecule has 2 atom stereocenters. The van der Waals surface area contributed by atoms with E-state index in [1.54, 1.807) is 4.90 Å². The van der Waals surface area contributed by atoms with Gasteiger partial charge in [0.2, 0.25) is 6.54 Å². The van der Waals surface area contributed by atoms with Crippen LogP contribution in [-0.4, -0.2) is 49.4 Å². The minimum atomic E-state index is -1.54. The Kier molecular flexibility index (Phi) is 6.67. The second-order valence-corrected chi connectivity index (χ2v) is 11.6. The smallest absolute Gasteiger partial charge is 0.412 e. The highest BCUT2D eigenvalue weighted by atomic mass is 28.3. The summed E-state index contributed by atoms with van der Waals surface area (Å²) in [6.45, 7) is 16.1. The number of carbonyl (C=O) groups excluding carboxylic acids is 1. The van der Waals surface area contributed by atoms with Crippen LogP contribution >= 0.6 is 0 Å². The molecule has 1 rings (SSSR count). The lowest BCUT2D eigenvalue weighted by Crippen LogP contribution is -2.53. The first-order valence-electron chi connectivity index (χ1n) is 8.96. The van der Waals surface area contributed by atoms with Crippen molar-refractivity contribution in [2.75, 3.05) is 13.1 Å². The van der Waals surface area contributed by atoms with Crippen LogP contribution in [-0.2, 0) is 9.16 Å². The second-order valence-electron chi connectivity index (χ2n) is 9.28. The van der Waals surface area contributed by atoms with Crippen molar-refractivity contribution in [1.29, 1.82) is 0 Å². The van der Waals surface area contributed by atoms with Crippen molar-refractivity contribution in [3.05, 3.63) is 10.1 Å². The molecule has 0 aromatic rings. The number of amides is 1. The summed E-state index contributed by atoms with van der Waals surface area (Å²) in [7, 11) is -1.54. The van der Waals surface area contributed by atoms with Gasteiger partial charge in [-0.2, -0.15) is 0 Å².